The maximum absolute atomic E-state index is 12.9. The van der Waals surface area contributed by atoms with Crippen LogP contribution in [-0.4, -0.2) is 59.1 Å². The summed E-state index contributed by atoms with van der Waals surface area (Å²) >= 11 is 1.75. The number of thiophene rings is 1. The molecule has 2 fully saturated rings. The molecule has 2 saturated heterocycles. The summed E-state index contributed by atoms with van der Waals surface area (Å²) in [5.41, 5.74) is 1.49. The monoisotopic (exact) mass is 334 g/mol. The number of carbonyl (C=O) groups is 1. The molecule has 4 rings (SSSR count). The Labute approximate surface area is 142 Å². The first-order chi connectivity index (χ1) is 11.1. The first kappa shape index (κ1) is 15.6. The quantitative estimate of drug-likeness (QED) is 0.922. The fourth-order valence-electron chi connectivity index (χ4n) is 4.36. The van der Waals surface area contributed by atoms with Gasteiger partial charge in [0.1, 0.15) is 0 Å². The fourth-order valence-corrected chi connectivity index (χ4v) is 5.48. The van der Waals surface area contributed by atoms with Crippen molar-refractivity contribution in [2.45, 2.75) is 50.5 Å². The summed E-state index contributed by atoms with van der Waals surface area (Å²) in [5.74, 6) is 0.141. The van der Waals surface area contributed by atoms with Crippen LogP contribution in [0.3, 0.4) is 0 Å². The summed E-state index contributed by atoms with van der Waals surface area (Å²) in [6.07, 6.45) is 7.81. The van der Waals surface area contributed by atoms with E-state index in [0.29, 0.717) is 19.5 Å². The van der Waals surface area contributed by atoms with Gasteiger partial charge in [0, 0.05) is 23.3 Å². The molecule has 23 heavy (non-hydrogen) atoms. The summed E-state index contributed by atoms with van der Waals surface area (Å²) in [6.45, 7) is 4.09. The Morgan fingerprint density at radius 2 is 1.96 bits per heavy atom. The van der Waals surface area contributed by atoms with E-state index in [1.807, 2.05) is 4.90 Å². The highest BCUT2D eigenvalue weighted by atomic mass is 32.1. The first-order valence-electron chi connectivity index (χ1n) is 8.98. The largest absolute Gasteiger partial charge is 0.387 e. The fraction of sp³-hybridized carbons (Fsp3) is 0.722. The van der Waals surface area contributed by atoms with Crippen molar-refractivity contribution in [1.82, 2.24) is 9.80 Å². The lowest BCUT2D eigenvalue weighted by Crippen LogP contribution is -2.45. The van der Waals surface area contributed by atoms with E-state index in [-0.39, 0.29) is 5.91 Å². The van der Waals surface area contributed by atoms with Crippen LogP contribution in [0, 0.1) is 0 Å². The van der Waals surface area contributed by atoms with Crippen LogP contribution in [0.2, 0.25) is 0 Å². The molecule has 4 nitrogen and oxygen atoms in total. The maximum atomic E-state index is 12.9. The number of aliphatic hydroxyl groups is 1. The molecule has 0 spiro atoms. The number of amides is 1. The van der Waals surface area contributed by atoms with Gasteiger partial charge in [-0.3, -0.25) is 4.79 Å². The van der Waals surface area contributed by atoms with Crippen molar-refractivity contribution in [3.05, 3.63) is 21.4 Å². The van der Waals surface area contributed by atoms with Crippen molar-refractivity contribution in [3.63, 3.8) is 0 Å². The van der Waals surface area contributed by atoms with Gasteiger partial charge in [-0.2, -0.15) is 0 Å². The predicted octanol–water partition coefficient (Wildman–Crippen LogP) is 2.30. The molecule has 0 unspecified atom stereocenters. The van der Waals surface area contributed by atoms with Gasteiger partial charge >= 0.3 is 0 Å². The van der Waals surface area contributed by atoms with E-state index in [0.717, 1.165) is 38.0 Å². The second-order valence-corrected chi connectivity index (χ2v) is 8.41. The average molecular weight is 334 g/mol. The number of nitrogens with zero attached hydrogens (tertiary/aromatic N) is 2. The van der Waals surface area contributed by atoms with Crippen LogP contribution in [0.15, 0.2) is 5.38 Å². The van der Waals surface area contributed by atoms with Crippen molar-refractivity contribution < 1.29 is 9.90 Å². The van der Waals surface area contributed by atoms with Gasteiger partial charge in [-0.15, -0.1) is 11.3 Å². The van der Waals surface area contributed by atoms with Crippen LogP contribution in [0.1, 0.15) is 52.9 Å². The number of carbonyl (C=O) groups excluding carboxylic acids is 1. The Morgan fingerprint density at radius 3 is 2.78 bits per heavy atom. The normalized spacial score (nSPS) is 28.3. The highest BCUT2D eigenvalue weighted by molar-refractivity contribution is 7.10. The molecule has 5 heteroatoms. The van der Waals surface area contributed by atoms with Crippen LogP contribution >= 0.6 is 11.3 Å². The van der Waals surface area contributed by atoms with Crippen molar-refractivity contribution in [1.29, 1.82) is 0 Å². The number of hydrogen-bond acceptors (Lipinski definition) is 4. The van der Waals surface area contributed by atoms with Gasteiger partial charge in [0.25, 0.3) is 5.91 Å². The average Bonchev–Trinajstić information content (AvgIpc) is 3.26. The summed E-state index contributed by atoms with van der Waals surface area (Å²) in [7, 11) is 0. The molecular formula is C18H26N2O2S. The Hall–Kier alpha value is -0.910. The number of fused-ring (bicyclic) bond motifs is 1. The van der Waals surface area contributed by atoms with Gasteiger partial charge < -0.3 is 14.9 Å². The molecule has 3 aliphatic rings. The van der Waals surface area contributed by atoms with Crippen molar-refractivity contribution in [2.24, 2.45) is 0 Å². The van der Waals surface area contributed by atoms with Crippen molar-refractivity contribution in [3.8, 4) is 0 Å². The zero-order valence-electron chi connectivity index (χ0n) is 13.7. The molecule has 1 aromatic heterocycles. The van der Waals surface area contributed by atoms with Crippen LogP contribution in [0.5, 0.6) is 0 Å². The Bertz CT molecular complexity index is 594. The van der Waals surface area contributed by atoms with E-state index >= 15 is 0 Å². The Balaban J connectivity index is 1.44. The molecule has 1 N–H and O–H groups in total. The Kier molecular flexibility index (Phi) is 4.20. The smallest absolute Gasteiger partial charge is 0.255 e. The third-order valence-electron chi connectivity index (χ3n) is 5.63. The van der Waals surface area contributed by atoms with Crippen molar-refractivity contribution in [2.75, 3.05) is 32.7 Å². The molecule has 3 heterocycles. The molecule has 1 atom stereocenters. The zero-order chi connectivity index (χ0) is 15.9. The standard InChI is InChI=1S/C18H26N2O2S/c21-17(15-11-23-16-6-2-1-5-14(15)16)20-10-7-18(22,13-20)12-19-8-3-4-9-19/h11,22H,1-10,12-13H2/t18-/m1/s1. The zero-order valence-corrected chi connectivity index (χ0v) is 14.5. The van der Waals surface area contributed by atoms with Crippen LogP contribution in [-0.2, 0) is 12.8 Å². The van der Waals surface area contributed by atoms with Crippen molar-refractivity contribution >= 4 is 17.2 Å². The van der Waals surface area contributed by atoms with Crippen LogP contribution < -0.4 is 0 Å². The molecule has 0 saturated carbocycles. The summed E-state index contributed by atoms with van der Waals surface area (Å²) in [5, 5.41) is 12.9. The summed E-state index contributed by atoms with van der Waals surface area (Å²) in [6, 6.07) is 0. The molecule has 1 aromatic rings. The third-order valence-corrected chi connectivity index (χ3v) is 6.72. The van der Waals surface area contributed by atoms with Gasteiger partial charge in [-0.25, -0.2) is 0 Å². The van der Waals surface area contributed by atoms with Crippen LogP contribution in [0.4, 0.5) is 0 Å². The number of aryl methyl sites for hydroxylation is 1. The molecule has 2 aliphatic heterocycles. The van der Waals surface area contributed by atoms with Gasteiger partial charge in [0.05, 0.1) is 17.7 Å². The summed E-state index contributed by atoms with van der Waals surface area (Å²) in [4.78, 5) is 18.6. The van der Waals surface area contributed by atoms with Gasteiger partial charge in [0.2, 0.25) is 0 Å². The topological polar surface area (TPSA) is 43.8 Å². The van der Waals surface area contributed by atoms with E-state index in [2.05, 4.69) is 10.3 Å². The predicted molar refractivity (Wildman–Crippen MR) is 92.1 cm³/mol. The third kappa shape index (κ3) is 3.06. The molecule has 126 valence electrons. The molecular weight excluding hydrogens is 308 g/mol. The first-order valence-corrected chi connectivity index (χ1v) is 9.86. The van der Waals surface area contributed by atoms with E-state index in [1.165, 1.54) is 36.1 Å². The number of hydrogen-bond donors (Lipinski definition) is 1. The lowest BCUT2D eigenvalue weighted by molar-refractivity contribution is 0.0175. The molecule has 0 aromatic carbocycles. The molecule has 0 bridgehead atoms. The lowest BCUT2D eigenvalue weighted by atomic mass is 9.95. The second-order valence-electron chi connectivity index (χ2n) is 7.44. The van der Waals surface area contributed by atoms with Gasteiger partial charge in [-0.05, 0) is 63.6 Å². The van der Waals surface area contributed by atoms with Gasteiger partial charge in [0.15, 0.2) is 0 Å². The van der Waals surface area contributed by atoms with Crippen LogP contribution in [0.25, 0.3) is 0 Å². The van der Waals surface area contributed by atoms with E-state index in [1.54, 1.807) is 11.3 Å². The number of likely N-dealkylation sites (tertiary alicyclic amines) is 2. The minimum Gasteiger partial charge on any atom is -0.387 e. The van der Waals surface area contributed by atoms with E-state index in [9.17, 15) is 9.90 Å². The van der Waals surface area contributed by atoms with Gasteiger partial charge in [-0.1, -0.05) is 0 Å². The molecule has 1 amide bonds. The Morgan fingerprint density at radius 1 is 1.17 bits per heavy atom. The molecule has 0 radical (unpaired) electrons. The maximum Gasteiger partial charge on any atom is 0.255 e. The minimum atomic E-state index is -0.712. The minimum absolute atomic E-state index is 0.141. The highest BCUT2D eigenvalue weighted by Crippen LogP contribution is 2.32. The number of rotatable bonds is 3. The highest BCUT2D eigenvalue weighted by Gasteiger charge is 2.40. The SMILES string of the molecule is O=C(c1csc2c1CCCC2)N1CC[C@@](O)(CN2CCCC2)C1. The second kappa shape index (κ2) is 6.19. The molecule has 1 aliphatic carbocycles. The number of β-amino-alcohol motifs (C(OH)–C–C–N with tert-alkyl or cyclic N) is 1. The van der Waals surface area contributed by atoms with E-state index in [4.69, 9.17) is 0 Å². The lowest BCUT2D eigenvalue weighted by Gasteiger charge is -2.28. The summed E-state index contributed by atoms with van der Waals surface area (Å²) < 4.78 is 0. The van der Waals surface area contributed by atoms with E-state index < -0.39 is 5.60 Å².